The lowest BCUT2D eigenvalue weighted by Gasteiger charge is -2.23. The summed E-state index contributed by atoms with van der Waals surface area (Å²) in [4.78, 5) is 4.64. The zero-order valence-electron chi connectivity index (χ0n) is 11.5. The van der Waals surface area contributed by atoms with Crippen molar-refractivity contribution >= 4 is 0 Å². The maximum absolute atomic E-state index is 4.64. The summed E-state index contributed by atoms with van der Waals surface area (Å²) in [6.07, 6.45) is 12.5. The zero-order valence-corrected chi connectivity index (χ0v) is 11.5. The van der Waals surface area contributed by atoms with Gasteiger partial charge in [0, 0.05) is 24.3 Å². The van der Waals surface area contributed by atoms with Gasteiger partial charge < -0.3 is 9.88 Å². The van der Waals surface area contributed by atoms with E-state index in [1.807, 2.05) is 0 Å². The molecule has 3 rings (SSSR count). The maximum Gasteiger partial charge on any atom is 0.0954 e. The van der Waals surface area contributed by atoms with E-state index in [9.17, 15) is 0 Å². The van der Waals surface area contributed by atoms with E-state index >= 15 is 0 Å². The topological polar surface area (TPSA) is 29.9 Å². The number of fused-ring (bicyclic) bond motifs is 1. The third-order valence-electron chi connectivity index (χ3n) is 4.29. The van der Waals surface area contributed by atoms with Crippen LogP contribution in [-0.2, 0) is 12.8 Å². The Bertz CT molecular complexity index is 392. The summed E-state index contributed by atoms with van der Waals surface area (Å²) in [5.41, 5.74) is 2.89. The predicted octanol–water partition coefficient (Wildman–Crippen LogP) is 2.86. The van der Waals surface area contributed by atoms with Crippen LogP contribution in [0.1, 0.15) is 62.9 Å². The van der Waals surface area contributed by atoms with Crippen LogP contribution in [0.5, 0.6) is 0 Å². The van der Waals surface area contributed by atoms with Gasteiger partial charge in [-0.1, -0.05) is 13.3 Å². The highest BCUT2D eigenvalue weighted by Gasteiger charge is 2.24. The molecule has 18 heavy (non-hydrogen) atoms. The van der Waals surface area contributed by atoms with Crippen LogP contribution in [0.2, 0.25) is 0 Å². The summed E-state index contributed by atoms with van der Waals surface area (Å²) in [6.45, 7) is 3.41. The molecule has 0 saturated heterocycles. The second kappa shape index (κ2) is 5.43. The van der Waals surface area contributed by atoms with Crippen molar-refractivity contribution in [3.8, 4) is 0 Å². The van der Waals surface area contributed by atoms with Crippen molar-refractivity contribution in [3.63, 3.8) is 0 Å². The standard InChI is InChI=1S/C15H25N3/c1-2-5-13(10-16-12-8-9-12)18-11-17-14-6-3-4-7-15(14)18/h11-13,16H,2-10H2,1H3. The van der Waals surface area contributed by atoms with Crippen molar-refractivity contribution in [1.29, 1.82) is 0 Å². The molecular formula is C15H25N3. The lowest BCUT2D eigenvalue weighted by atomic mass is 10.0. The molecule has 1 N–H and O–H groups in total. The number of hydrogen-bond donors (Lipinski definition) is 1. The fraction of sp³-hybridized carbons (Fsp3) is 0.800. The van der Waals surface area contributed by atoms with Crippen molar-refractivity contribution in [2.75, 3.05) is 6.54 Å². The molecule has 0 amide bonds. The van der Waals surface area contributed by atoms with E-state index < -0.39 is 0 Å². The number of nitrogens with zero attached hydrogens (tertiary/aromatic N) is 2. The van der Waals surface area contributed by atoms with E-state index in [1.54, 1.807) is 0 Å². The lowest BCUT2D eigenvalue weighted by molar-refractivity contribution is 0.412. The lowest BCUT2D eigenvalue weighted by Crippen LogP contribution is -2.28. The first-order valence-corrected chi connectivity index (χ1v) is 7.66. The van der Waals surface area contributed by atoms with Crippen LogP contribution < -0.4 is 5.32 Å². The Morgan fingerprint density at radius 1 is 1.39 bits per heavy atom. The molecule has 1 heterocycles. The number of rotatable bonds is 6. The van der Waals surface area contributed by atoms with E-state index in [-0.39, 0.29) is 0 Å². The minimum absolute atomic E-state index is 0.616. The van der Waals surface area contributed by atoms with Crippen molar-refractivity contribution in [3.05, 3.63) is 17.7 Å². The summed E-state index contributed by atoms with van der Waals surface area (Å²) in [6, 6.07) is 1.42. The maximum atomic E-state index is 4.64. The number of aryl methyl sites for hydroxylation is 1. The second-order valence-electron chi connectivity index (χ2n) is 5.88. The molecule has 100 valence electrons. The van der Waals surface area contributed by atoms with Crippen LogP contribution in [0.4, 0.5) is 0 Å². The number of aromatic nitrogens is 2. The van der Waals surface area contributed by atoms with E-state index in [0.717, 1.165) is 12.6 Å². The molecule has 1 aromatic rings. The minimum atomic E-state index is 0.616. The van der Waals surface area contributed by atoms with E-state index in [4.69, 9.17) is 0 Å². The molecule has 0 aromatic carbocycles. The summed E-state index contributed by atoms with van der Waals surface area (Å²) in [5, 5.41) is 3.69. The Labute approximate surface area is 110 Å². The third kappa shape index (κ3) is 2.61. The summed E-state index contributed by atoms with van der Waals surface area (Å²) in [7, 11) is 0. The molecule has 1 unspecified atom stereocenters. The zero-order chi connectivity index (χ0) is 12.4. The summed E-state index contributed by atoms with van der Waals surface area (Å²) < 4.78 is 2.48. The largest absolute Gasteiger partial charge is 0.330 e. The van der Waals surface area contributed by atoms with E-state index in [2.05, 4.69) is 28.1 Å². The van der Waals surface area contributed by atoms with E-state index in [1.165, 1.54) is 62.8 Å². The molecule has 1 atom stereocenters. The van der Waals surface area contributed by atoms with Gasteiger partial charge in [0.15, 0.2) is 0 Å². The SMILES string of the molecule is CCCC(CNC1CC1)n1cnc2c1CCCC2. The third-order valence-corrected chi connectivity index (χ3v) is 4.29. The highest BCUT2D eigenvalue weighted by Crippen LogP contribution is 2.26. The van der Waals surface area contributed by atoms with Gasteiger partial charge in [-0.15, -0.1) is 0 Å². The van der Waals surface area contributed by atoms with Gasteiger partial charge >= 0.3 is 0 Å². The molecule has 3 heteroatoms. The molecule has 2 aliphatic carbocycles. The van der Waals surface area contributed by atoms with Gasteiger partial charge in [0.2, 0.25) is 0 Å². The highest BCUT2D eigenvalue weighted by molar-refractivity contribution is 5.17. The van der Waals surface area contributed by atoms with Crippen molar-refractivity contribution in [2.24, 2.45) is 0 Å². The fourth-order valence-corrected chi connectivity index (χ4v) is 3.07. The molecular weight excluding hydrogens is 222 g/mol. The second-order valence-corrected chi connectivity index (χ2v) is 5.88. The molecule has 3 nitrogen and oxygen atoms in total. The quantitative estimate of drug-likeness (QED) is 0.837. The molecule has 1 aromatic heterocycles. The first-order valence-electron chi connectivity index (χ1n) is 7.66. The van der Waals surface area contributed by atoms with Crippen molar-refractivity contribution in [2.45, 2.75) is 70.4 Å². The average molecular weight is 247 g/mol. The van der Waals surface area contributed by atoms with Crippen LogP contribution in [0.25, 0.3) is 0 Å². The van der Waals surface area contributed by atoms with Gasteiger partial charge in [0.1, 0.15) is 0 Å². The summed E-state index contributed by atoms with van der Waals surface area (Å²) >= 11 is 0. The fourth-order valence-electron chi connectivity index (χ4n) is 3.07. The Hall–Kier alpha value is -0.830. The Balaban J connectivity index is 1.73. The Morgan fingerprint density at radius 3 is 3.00 bits per heavy atom. The number of imidazole rings is 1. The number of nitrogens with one attached hydrogen (secondary N) is 1. The molecule has 0 aliphatic heterocycles. The molecule has 2 aliphatic rings. The van der Waals surface area contributed by atoms with Crippen LogP contribution >= 0.6 is 0 Å². The molecule has 0 bridgehead atoms. The molecule has 0 spiro atoms. The Kier molecular flexibility index (Phi) is 3.69. The van der Waals surface area contributed by atoms with Crippen LogP contribution in [-0.4, -0.2) is 22.1 Å². The van der Waals surface area contributed by atoms with Gasteiger partial charge in [-0.05, 0) is 44.9 Å². The highest BCUT2D eigenvalue weighted by atomic mass is 15.1. The molecule has 1 fully saturated rings. The van der Waals surface area contributed by atoms with Gasteiger partial charge in [-0.2, -0.15) is 0 Å². The predicted molar refractivity (Wildman–Crippen MR) is 73.8 cm³/mol. The van der Waals surface area contributed by atoms with Crippen LogP contribution in [0.3, 0.4) is 0 Å². The minimum Gasteiger partial charge on any atom is -0.330 e. The van der Waals surface area contributed by atoms with Crippen LogP contribution in [0.15, 0.2) is 6.33 Å². The van der Waals surface area contributed by atoms with Crippen molar-refractivity contribution in [1.82, 2.24) is 14.9 Å². The van der Waals surface area contributed by atoms with Gasteiger partial charge in [-0.3, -0.25) is 0 Å². The Morgan fingerprint density at radius 2 is 2.22 bits per heavy atom. The number of hydrogen-bond acceptors (Lipinski definition) is 2. The van der Waals surface area contributed by atoms with Gasteiger partial charge in [0.25, 0.3) is 0 Å². The van der Waals surface area contributed by atoms with Gasteiger partial charge in [-0.25, -0.2) is 4.98 Å². The van der Waals surface area contributed by atoms with E-state index in [0.29, 0.717) is 6.04 Å². The first kappa shape index (κ1) is 12.2. The normalized spacial score (nSPS) is 20.7. The monoisotopic (exact) mass is 247 g/mol. The first-order chi connectivity index (χ1) is 8.88. The molecule has 0 radical (unpaired) electrons. The smallest absolute Gasteiger partial charge is 0.0954 e. The van der Waals surface area contributed by atoms with Crippen molar-refractivity contribution < 1.29 is 0 Å². The van der Waals surface area contributed by atoms with Gasteiger partial charge in [0.05, 0.1) is 12.0 Å². The summed E-state index contributed by atoms with van der Waals surface area (Å²) in [5.74, 6) is 0. The van der Waals surface area contributed by atoms with Crippen LogP contribution in [0, 0.1) is 0 Å². The average Bonchev–Trinajstić information content (AvgIpc) is 3.13. The molecule has 1 saturated carbocycles.